The van der Waals surface area contributed by atoms with Crippen molar-refractivity contribution in [1.82, 2.24) is 9.97 Å². The van der Waals surface area contributed by atoms with Crippen LogP contribution in [0.25, 0.3) is 0 Å². The molecule has 2 amide bonds. The Morgan fingerprint density at radius 3 is 2.88 bits per heavy atom. The predicted molar refractivity (Wildman–Crippen MR) is 94.3 cm³/mol. The minimum Gasteiger partial charge on any atom is -0.399 e. The van der Waals surface area contributed by atoms with Gasteiger partial charge in [0.2, 0.25) is 5.95 Å². The molecule has 2 aromatic rings. The zero-order valence-electron chi connectivity index (χ0n) is 13.8. The van der Waals surface area contributed by atoms with Gasteiger partial charge >= 0.3 is 6.03 Å². The van der Waals surface area contributed by atoms with Crippen molar-refractivity contribution in [2.45, 2.75) is 32.4 Å². The zero-order valence-corrected chi connectivity index (χ0v) is 13.8. The van der Waals surface area contributed by atoms with Crippen LogP contribution in [0, 0.1) is 6.92 Å². The van der Waals surface area contributed by atoms with Crippen LogP contribution in [0.2, 0.25) is 0 Å². The van der Waals surface area contributed by atoms with Gasteiger partial charge in [-0.3, -0.25) is 9.80 Å². The number of carbonyl (C=O) groups excluding carboxylic acids is 1. The molecule has 0 radical (unpaired) electrons. The van der Waals surface area contributed by atoms with Gasteiger partial charge in [-0.25, -0.2) is 9.78 Å². The fourth-order valence-electron chi connectivity index (χ4n) is 2.89. The van der Waals surface area contributed by atoms with Crippen molar-refractivity contribution in [1.29, 1.82) is 0 Å². The number of aromatic nitrogens is 2. The van der Waals surface area contributed by atoms with E-state index < -0.39 is 0 Å². The van der Waals surface area contributed by atoms with Crippen LogP contribution < -0.4 is 20.9 Å². The summed E-state index contributed by atoms with van der Waals surface area (Å²) < 4.78 is 0. The number of anilines is 4. The summed E-state index contributed by atoms with van der Waals surface area (Å²) in [4.78, 5) is 25.0. The lowest BCUT2D eigenvalue weighted by molar-refractivity contribution is 0.251. The SMILES string of the molecule is Cc1ccc(N)cc1N1Cc2cnc(NC3CC3)nc2N(C)C1=O. The molecule has 1 aliphatic heterocycles. The number of hydrogen-bond donors (Lipinski definition) is 2. The van der Waals surface area contributed by atoms with Crippen molar-refractivity contribution in [3.8, 4) is 0 Å². The normalized spacial score (nSPS) is 17.0. The van der Waals surface area contributed by atoms with E-state index in [1.54, 1.807) is 23.0 Å². The first-order valence-electron chi connectivity index (χ1n) is 8.07. The second kappa shape index (κ2) is 5.36. The lowest BCUT2D eigenvalue weighted by atomic mass is 10.1. The molecule has 1 aromatic carbocycles. The Hall–Kier alpha value is -2.83. The van der Waals surface area contributed by atoms with Gasteiger partial charge in [-0.1, -0.05) is 6.07 Å². The van der Waals surface area contributed by atoms with E-state index in [-0.39, 0.29) is 6.03 Å². The average Bonchev–Trinajstić information content (AvgIpc) is 3.38. The van der Waals surface area contributed by atoms with E-state index in [1.807, 2.05) is 25.1 Å². The van der Waals surface area contributed by atoms with Gasteiger partial charge in [0.05, 0.1) is 12.2 Å². The van der Waals surface area contributed by atoms with E-state index in [4.69, 9.17) is 5.73 Å². The molecule has 2 heterocycles. The maximum atomic E-state index is 12.8. The summed E-state index contributed by atoms with van der Waals surface area (Å²) >= 11 is 0. The Kier molecular flexibility index (Phi) is 3.30. The van der Waals surface area contributed by atoms with Crippen LogP contribution in [-0.4, -0.2) is 29.1 Å². The van der Waals surface area contributed by atoms with Crippen LogP contribution >= 0.6 is 0 Å². The summed E-state index contributed by atoms with van der Waals surface area (Å²) in [6.07, 6.45) is 4.10. The standard InChI is InChI=1S/C17H20N6O/c1-10-3-4-12(18)7-14(10)23-9-11-8-19-16(20-13-5-6-13)21-15(11)22(2)17(23)24/h3-4,7-8,13H,5-6,9,18H2,1-2H3,(H,19,20,21). The number of nitrogens with zero attached hydrogens (tertiary/aromatic N) is 4. The van der Waals surface area contributed by atoms with Crippen LogP contribution in [0.4, 0.5) is 27.9 Å². The van der Waals surface area contributed by atoms with E-state index in [1.165, 1.54) is 0 Å². The number of carbonyl (C=O) groups is 1. The van der Waals surface area contributed by atoms with Crippen molar-refractivity contribution < 1.29 is 4.79 Å². The predicted octanol–water partition coefficient (Wildman–Crippen LogP) is 2.52. The number of nitrogens with one attached hydrogen (secondary N) is 1. The highest BCUT2D eigenvalue weighted by Crippen LogP contribution is 2.33. The fourth-order valence-corrected chi connectivity index (χ4v) is 2.89. The minimum atomic E-state index is -0.118. The van der Waals surface area contributed by atoms with Gasteiger partial charge in [0.1, 0.15) is 5.82 Å². The molecule has 1 fully saturated rings. The fraction of sp³-hybridized carbons (Fsp3) is 0.353. The largest absolute Gasteiger partial charge is 0.399 e. The van der Waals surface area contributed by atoms with E-state index in [0.717, 1.165) is 29.7 Å². The third-order valence-electron chi connectivity index (χ3n) is 4.44. The third-order valence-corrected chi connectivity index (χ3v) is 4.44. The Bertz CT molecular complexity index is 817. The number of amides is 2. The maximum Gasteiger partial charge on any atom is 0.330 e. The molecule has 4 rings (SSSR count). The molecule has 2 aliphatic rings. The molecule has 0 saturated heterocycles. The van der Waals surface area contributed by atoms with Crippen LogP contribution in [0.5, 0.6) is 0 Å². The van der Waals surface area contributed by atoms with Gasteiger partial charge in [0.15, 0.2) is 0 Å². The molecule has 124 valence electrons. The molecule has 7 nitrogen and oxygen atoms in total. The summed E-state index contributed by atoms with van der Waals surface area (Å²) in [5, 5.41) is 3.27. The Balaban J connectivity index is 1.69. The van der Waals surface area contributed by atoms with Crippen molar-refractivity contribution in [2.75, 3.05) is 27.9 Å². The highest BCUT2D eigenvalue weighted by Gasteiger charge is 2.32. The molecule has 0 unspecified atom stereocenters. The molecule has 0 atom stereocenters. The number of aryl methyl sites for hydroxylation is 1. The first-order valence-corrected chi connectivity index (χ1v) is 8.07. The summed E-state index contributed by atoms with van der Waals surface area (Å²) in [5.74, 6) is 1.25. The molecule has 1 aliphatic carbocycles. The first-order chi connectivity index (χ1) is 11.5. The number of fused-ring (bicyclic) bond motifs is 1. The van der Waals surface area contributed by atoms with Crippen molar-refractivity contribution in [3.63, 3.8) is 0 Å². The smallest absolute Gasteiger partial charge is 0.330 e. The second-order valence-corrected chi connectivity index (χ2v) is 6.43. The monoisotopic (exact) mass is 324 g/mol. The van der Waals surface area contributed by atoms with Crippen LogP contribution in [0.15, 0.2) is 24.4 Å². The maximum absolute atomic E-state index is 12.8. The molecule has 24 heavy (non-hydrogen) atoms. The molecule has 7 heteroatoms. The minimum absolute atomic E-state index is 0.118. The zero-order chi connectivity index (χ0) is 16.8. The number of urea groups is 1. The number of nitrogens with two attached hydrogens (primary N) is 1. The lowest BCUT2D eigenvalue weighted by Crippen LogP contribution is -2.46. The number of rotatable bonds is 3. The van der Waals surface area contributed by atoms with Crippen LogP contribution in [-0.2, 0) is 6.54 Å². The van der Waals surface area contributed by atoms with E-state index in [9.17, 15) is 4.79 Å². The quantitative estimate of drug-likeness (QED) is 0.847. The second-order valence-electron chi connectivity index (χ2n) is 6.43. The molecular weight excluding hydrogens is 304 g/mol. The Labute approximate surface area is 140 Å². The van der Waals surface area contributed by atoms with Gasteiger partial charge in [0, 0.05) is 30.5 Å². The molecule has 0 bridgehead atoms. The summed E-state index contributed by atoms with van der Waals surface area (Å²) in [7, 11) is 1.74. The molecule has 1 aromatic heterocycles. The molecular formula is C17H20N6O. The van der Waals surface area contributed by atoms with E-state index >= 15 is 0 Å². The van der Waals surface area contributed by atoms with Gasteiger partial charge in [0.25, 0.3) is 0 Å². The van der Waals surface area contributed by atoms with Crippen LogP contribution in [0.3, 0.4) is 0 Å². The number of nitrogen functional groups attached to an aromatic ring is 1. The topological polar surface area (TPSA) is 87.4 Å². The number of benzene rings is 1. The summed E-state index contributed by atoms with van der Waals surface area (Å²) in [6.45, 7) is 2.41. The summed E-state index contributed by atoms with van der Waals surface area (Å²) in [6, 6.07) is 5.94. The van der Waals surface area contributed by atoms with Crippen molar-refractivity contribution in [2.24, 2.45) is 0 Å². The highest BCUT2D eigenvalue weighted by atomic mass is 16.2. The Morgan fingerprint density at radius 2 is 2.12 bits per heavy atom. The molecule has 3 N–H and O–H groups in total. The lowest BCUT2D eigenvalue weighted by Gasteiger charge is -2.34. The van der Waals surface area contributed by atoms with Gasteiger partial charge in [-0.15, -0.1) is 0 Å². The molecule has 0 spiro atoms. The highest BCUT2D eigenvalue weighted by molar-refractivity contribution is 6.05. The van der Waals surface area contributed by atoms with Crippen LogP contribution in [0.1, 0.15) is 24.0 Å². The number of hydrogen-bond acceptors (Lipinski definition) is 5. The summed E-state index contributed by atoms with van der Waals surface area (Å²) in [5.41, 5.74) is 9.27. The van der Waals surface area contributed by atoms with E-state index in [2.05, 4.69) is 15.3 Å². The average molecular weight is 324 g/mol. The van der Waals surface area contributed by atoms with Gasteiger partial charge in [-0.2, -0.15) is 4.98 Å². The van der Waals surface area contributed by atoms with Gasteiger partial charge < -0.3 is 11.1 Å². The third kappa shape index (κ3) is 2.51. The Morgan fingerprint density at radius 1 is 1.33 bits per heavy atom. The van der Waals surface area contributed by atoms with Gasteiger partial charge in [-0.05, 0) is 37.5 Å². The van der Waals surface area contributed by atoms with E-state index in [0.29, 0.717) is 30.0 Å². The molecule has 1 saturated carbocycles. The first kappa shape index (κ1) is 14.7. The van der Waals surface area contributed by atoms with Crippen molar-refractivity contribution >= 4 is 29.2 Å². The van der Waals surface area contributed by atoms with Crippen molar-refractivity contribution in [3.05, 3.63) is 35.5 Å².